The second kappa shape index (κ2) is 8.25. The van der Waals surface area contributed by atoms with Crippen LogP contribution in [0.3, 0.4) is 0 Å². The van der Waals surface area contributed by atoms with E-state index in [-0.39, 0.29) is 24.3 Å². The average molecular weight is 441 g/mol. The summed E-state index contributed by atoms with van der Waals surface area (Å²) < 4.78 is 21.5. The lowest BCUT2D eigenvalue weighted by atomic mass is 10.1. The van der Waals surface area contributed by atoms with Crippen LogP contribution in [0.5, 0.6) is 0 Å². The lowest BCUT2D eigenvalue weighted by Gasteiger charge is -2.14. The first kappa shape index (κ1) is 19.9. The summed E-state index contributed by atoms with van der Waals surface area (Å²) in [4.78, 5) is 19.0. The predicted molar refractivity (Wildman–Crippen MR) is 121 cm³/mol. The van der Waals surface area contributed by atoms with E-state index in [4.69, 9.17) is 9.40 Å². The van der Waals surface area contributed by atoms with Crippen LogP contribution in [0.2, 0.25) is 0 Å². The van der Waals surface area contributed by atoms with Crippen molar-refractivity contribution in [1.82, 2.24) is 9.55 Å². The maximum atomic E-state index is 14.4. The molecule has 5 nitrogen and oxygen atoms in total. The molecule has 0 bridgehead atoms. The topological polar surface area (TPSA) is 71.8 Å². The zero-order valence-electron chi connectivity index (χ0n) is 16.8. The van der Waals surface area contributed by atoms with Crippen molar-refractivity contribution in [2.24, 2.45) is 0 Å². The van der Waals surface area contributed by atoms with Crippen molar-refractivity contribution >= 4 is 21.6 Å². The Bertz CT molecular complexity index is 1530. The fourth-order valence-electron chi connectivity index (χ4n) is 3.71. The van der Waals surface area contributed by atoms with Gasteiger partial charge in [-0.25, -0.2) is 9.37 Å². The predicted octanol–water partition coefficient (Wildman–Crippen LogP) is 5.37. The number of rotatable bonds is 5. The first-order valence-corrected chi connectivity index (χ1v) is 10.8. The zero-order valence-corrected chi connectivity index (χ0v) is 17.6. The van der Waals surface area contributed by atoms with Gasteiger partial charge in [-0.05, 0) is 41.5 Å². The first-order valence-electron chi connectivity index (χ1n) is 9.91. The summed E-state index contributed by atoms with van der Waals surface area (Å²) in [5.41, 5.74) is 2.21. The molecule has 7 heteroatoms. The number of nitriles is 1. The number of halogens is 1. The highest BCUT2D eigenvalue weighted by Gasteiger charge is 2.19. The van der Waals surface area contributed by atoms with Crippen molar-refractivity contribution in [3.8, 4) is 17.4 Å². The number of nitrogens with zero attached hydrogens (tertiary/aromatic N) is 3. The SMILES string of the molecule is N#Cc1cccc(Cn2c(Cc3ccccc3F)nc3scc(-c4ccco4)c3c2=O)c1. The third kappa shape index (κ3) is 3.61. The Hall–Kier alpha value is -4.02. The molecule has 5 rings (SSSR count). The van der Waals surface area contributed by atoms with Crippen molar-refractivity contribution < 1.29 is 8.81 Å². The highest BCUT2D eigenvalue weighted by molar-refractivity contribution is 7.17. The minimum atomic E-state index is -0.345. The summed E-state index contributed by atoms with van der Waals surface area (Å²) >= 11 is 1.36. The molecule has 0 fully saturated rings. The number of fused-ring (bicyclic) bond motifs is 1. The largest absolute Gasteiger partial charge is 0.464 e. The van der Waals surface area contributed by atoms with E-state index in [9.17, 15) is 14.4 Å². The van der Waals surface area contributed by atoms with Crippen LogP contribution in [-0.4, -0.2) is 9.55 Å². The van der Waals surface area contributed by atoms with Crippen LogP contribution >= 0.6 is 11.3 Å². The number of hydrogen-bond donors (Lipinski definition) is 0. The van der Waals surface area contributed by atoms with E-state index in [2.05, 4.69) is 6.07 Å². The van der Waals surface area contributed by atoms with Gasteiger partial charge in [-0.1, -0.05) is 30.3 Å². The molecule has 0 amide bonds. The van der Waals surface area contributed by atoms with Crippen molar-refractivity contribution in [2.45, 2.75) is 13.0 Å². The Kier molecular flexibility index (Phi) is 5.13. The molecule has 0 atom stereocenters. The van der Waals surface area contributed by atoms with Crippen LogP contribution in [-0.2, 0) is 13.0 Å². The molecule has 3 heterocycles. The summed E-state index contributed by atoms with van der Waals surface area (Å²) in [6.45, 7) is 0.217. The van der Waals surface area contributed by atoms with Crippen LogP contribution in [0, 0.1) is 17.1 Å². The van der Waals surface area contributed by atoms with Gasteiger partial charge in [-0.15, -0.1) is 11.3 Å². The second-order valence-electron chi connectivity index (χ2n) is 7.31. The van der Waals surface area contributed by atoms with Crippen LogP contribution in [0.15, 0.2) is 81.5 Å². The lowest BCUT2D eigenvalue weighted by Crippen LogP contribution is -2.26. The summed E-state index contributed by atoms with van der Waals surface area (Å²) in [6, 6.07) is 19.2. The van der Waals surface area contributed by atoms with Gasteiger partial charge in [0.25, 0.3) is 5.56 Å². The number of furan rings is 1. The Morgan fingerprint density at radius 1 is 1.12 bits per heavy atom. The number of thiophene rings is 1. The Labute approximate surface area is 186 Å². The van der Waals surface area contributed by atoms with Crippen molar-refractivity contribution in [3.05, 3.63) is 111 Å². The average Bonchev–Trinajstić information content (AvgIpc) is 3.48. The molecule has 0 saturated carbocycles. The molecular weight excluding hydrogens is 425 g/mol. The van der Waals surface area contributed by atoms with Crippen LogP contribution in [0.1, 0.15) is 22.5 Å². The van der Waals surface area contributed by atoms with E-state index in [0.29, 0.717) is 38.5 Å². The molecule has 0 unspecified atom stereocenters. The highest BCUT2D eigenvalue weighted by Crippen LogP contribution is 2.31. The molecule has 0 spiro atoms. The fourth-order valence-corrected chi connectivity index (χ4v) is 4.65. The van der Waals surface area contributed by atoms with Gasteiger partial charge >= 0.3 is 0 Å². The van der Waals surface area contributed by atoms with Gasteiger partial charge in [0.2, 0.25) is 0 Å². The molecule has 0 radical (unpaired) electrons. The fraction of sp³-hybridized carbons (Fsp3) is 0.0800. The monoisotopic (exact) mass is 441 g/mol. The first-order chi connectivity index (χ1) is 15.6. The van der Waals surface area contributed by atoms with E-state index in [1.807, 2.05) is 11.4 Å². The summed E-state index contributed by atoms with van der Waals surface area (Å²) in [6.07, 6.45) is 1.73. The van der Waals surface area contributed by atoms with Crippen molar-refractivity contribution in [1.29, 1.82) is 5.26 Å². The molecule has 0 aliphatic rings. The van der Waals surface area contributed by atoms with Crippen LogP contribution < -0.4 is 5.56 Å². The maximum Gasteiger partial charge on any atom is 0.263 e. The van der Waals surface area contributed by atoms with Gasteiger partial charge in [0.05, 0.1) is 29.8 Å². The second-order valence-corrected chi connectivity index (χ2v) is 8.16. The van der Waals surface area contributed by atoms with Crippen LogP contribution in [0.25, 0.3) is 21.5 Å². The van der Waals surface area contributed by atoms with E-state index < -0.39 is 0 Å². The molecule has 156 valence electrons. The number of benzene rings is 2. The zero-order chi connectivity index (χ0) is 22.1. The summed E-state index contributed by atoms with van der Waals surface area (Å²) in [5.74, 6) is 0.708. The highest BCUT2D eigenvalue weighted by atomic mass is 32.1. The Morgan fingerprint density at radius 2 is 2.00 bits per heavy atom. The van der Waals surface area contributed by atoms with Crippen molar-refractivity contribution in [2.75, 3.05) is 0 Å². The van der Waals surface area contributed by atoms with E-state index in [0.717, 1.165) is 5.56 Å². The molecule has 32 heavy (non-hydrogen) atoms. The minimum absolute atomic E-state index is 0.170. The molecule has 0 aliphatic carbocycles. The Morgan fingerprint density at radius 3 is 2.78 bits per heavy atom. The van der Waals surface area contributed by atoms with Gasteiger partial charge in [0.1, 0.15) is 22.2 Å². The van der Waals surface area contributed by atoms with Gasteiger partial charge in [0, 0.05) is 17.4 Å². The molecule has 0 aliphatic heterocycles. The quantitative estimate of drug-likeness (QED) is 0.368. The number of aromatic nitrogens is 2. The van der Waals surface area contributed by atoms with Crippen molar-refractivity contribution in [3.63, 3.8) is 0 Å². The van der Waals surface area contributed by atoms with Gasteiger partial charge in [0.15, 0.2) is 0 Å². The smallest absolute Gasteiger partial charge is 0.263 e. The molecule has 2 aromatic carbocycles. The number of hydrogen-bond acceptors (Lipinski definition) is 5. The van der Waals surface area contributed by atoms with E-state index in [1.54, 1.807) is 59.4 Å². The molecule has 5 aromatic rings. The Balaban J connectivity index is 1.70. The third-order valence-corrected chi connectivity index (χ3v) is 6.13. The normalized spacial score (nSPS) is 11.0. The lowest BCUT2D eigenvalue weighted by molar-refractivity contribution is 0.583. The van der Waals surface area contributed by atoms with E-state index >= 15 is 0 Å². The van der Waals surface area contributed by atoms with Crippen LogP contribution in [0.4, 0.5) is 4.39 Å². The molecule has 3 aromatic heterocycles. The molecule has 0 N–H and O–H groups in total. The third-order valence-electron chi connectivity index (χ3n) is 5.26. The summed E-state index contributed by atoms with van der Waals surface area (Å²) in [5, 5.41) is 11.6. The van der Waals surface area contributed by atoms with Gasteiger partial charge < -0.3 is 4.42 Å². The summed E-state index contributed by atoms with van der Waals surface area (Å²) in [7, 11) is 0. The maximum absolute atomic E-state index is 14.4. The molecular formula is C25H16FN3O2S. The van der Waals surface area contributed by atoms with E-state index in [1.165, 1.54) is 17.4 Å². The van der Waals surface area contributed by atoms with Gasteiger partial charge in [-0.2, -0.15) is 5.26 Å². The minimum Gasteiger partial charge on any atom is -0.464 e. The standard InChI is InChI=1S/C25H16FN3O2S/c26-20-8-2-1-7-18(20)12-22-28-24-23(19(15-32-24)21-9-4-10-31-21)25(30)29(22)14-17-6-3-5-16(11-17)13-27/h1-11,15H,12,14H2. The van der Waals surface area contributed by atoms with Gasteiger partial charge in [-0.3, -0.25) is 9.36 Å². The molecule has 0 saturated heterocycles.